The van der Waals surface area contributed by atoms with E-state index in [2.05, 4.69) is 5.32 Å². The Bertz CT molecular complexity index is 1120. The molecule has 1 amide bonds. The summed E-state index contributed by atoms with van der Waals surface area (Å²) >= 11 is 1.59. The first-order chi connectivity index (χ1) is 13.7. The average molecular weight is 390 g/mol. The van der Waals surface area contributed by atoms with E-state index in [0.29, 0.717) is 22.7 Å². The van der Waals surface area contributed by atoms with Crippen LogP contribution < -0.4 is 14.8 Å². The molecular weight excluding hydrogens is 372 g/mol. The van der Waals surface area contributed by atoms with Gasteiger partial charge in [0.15, 0.2) is 0 Å². The van der Waals surface area contributed by atoms with Gasteiger partial charge in [0.05, 0.1) is 35.7 Å². The first kappa shape index (κ1) is 18.0. The largest absolute Gasteiger partial charge is 0.497 e. The van der Waals surface area contributed by atoms with E-state index in [4.69, 9.17) is 14.5 Å². The summed E-state index contributed by atoms with van der Waals surface area (Å²) in [4.78, 5) is 17.7. The van der Waals surface area contributed by atoms with E-state index in [9.17, 15) is 4.79 Å². The summed E-state index contributed by atoms with van der Waals surface area (Å²) in [6.07, 6.45) is 0. The number of para-hydroxylation sites is 2. The number of fused-ring (bicyclic) bond motifs is 1. The molecule has 0 unspecified atom stereocenters. The quantitative estimate of drug-likeness (QED) is 0.507. The standard InChI is InChI=1S/C22H18N2O3S/c1-26-14-11-12-19(27-2)16(13-14)21(25)23-17-8-4-3-7-15(17)22-24-18-9-5-6-10-20(18)28-22/h3-13H,1-2H3,(H,23,25). The Kier molecular flexibility index (Phi) is 4.95. The normalized spacial score (nSPS) is 10.6. The highest BCUT2D eigenvalue weighted by molar-refractivity contribution is 7.21. The summed E-state index contributed by atoms with van der Waals surface area (Å²) in [7, 11) is 3.10. The van der Waals surface area contributed by atoms with Gasteiger partial charge in [0, 0.05) is 5.56 Å². The number of rotatable bonds is 5. The van der Waals surface area contributed by atoms with Crippen LogP contribution >= 0.6 is 11.3 Å². The number of carbonyl (C=O) groups excluding carboxylic acids is 1. The Morgan fingerprint density at radius 3 is 2.54 bits per heavy atom. The number of aromatic nitrogens is 1. The van der Waals surface area contributed by atoms with Crippen molar-refractivity contribution in [2.45, 2.75) is 0 Å². The molecule has 140 valence electrons. The molecule has 0 bridgehead atoms. The molecule has 0 spiro atoms. The maximum Gasteiger partial charge on any atom is 0.259 e. The predicted octanol–water partition coefficient (Wildman–Crippen LogP) is 5.23. The summed E-state index contributed by atoms with van der Waals surface area (Å²) in [6, 6.07) is 20.8. The van der Waals surface area contributed by atoms with Crippen molar-refractivity contribution in [3.63, 3.8) is 0 Å². The smallest absolute Gasteiger partial charge is 0.259 e. The van der Waals surface area contributed by atoms with Gasteiger partial charge in [-0.05, 0) is 42.5 Å². The number of hydrogen-bond donors (Lipinski definition) is 1. The monoisotopic (exact) mass is 390 g/mol. The lowest BCUT2D eigenvalue weighted by Crippen LogP contribution is -2.14. The van der Waals surface area contributed by atoms with Crippen molar-refractivity contribution in [2.24, 2.45) is 0 Å². The second-order valence-electron chi connectivity index (χ2n) is 6.05. The van der Waals surface area contributed by atoms with Crippen LogP contribution in [0, 0.1) is 0 Å². The first-order valence-electron chi connectivity index (χ1n) is 8.68. The number of nitrogens with one attached hydrogen (secondary N) is 1. The van der Waals surface area contributed by atoms with Gasteiger partial charge < -0.3 is 14.8 Å². The molecule has 1 aromatic heterocycles. The molecule has 0 atom stereocenters. The van der Waals surface area contributed by atoms with E-state index in [0.717, 1.165) is 20.8 Å². The van der Waals surface area contributed by atoms with Crippen LogP contribution in [0.1, 0.15) is 10.4 Å². The molecule has 6 heteroatoms. The van der Waals surface area contributed by atoms with E-state index in [1.165, 1.54) is 7.11 Å². The highest BCUT2D eigenvalue weighted by Crippen LogP contribution is 2.35. The molecule has 0 saturated heterocycles. The van der Waals surface area contributed by atoms with E-state index >= 15 is 0 Å². The number of amides is 1. The fourth-order valence-electron chi connectivity index (χ4n) is 2.95. The van der Waals surface area contributed by atoms with Crippen molar-refractivity contribution >= 4 is 33.1 Å². The Hall–Kier alpha value is -3.38. The minimum Gasteiger partial charge on any atom is -0.497 e. The molecule has 0 fully saturated rings. The van der Waals surface area contributed by atoms with Crippen molar-refractivity contribution in [2.75, 3.05) is 19.5 Å². The van der Waals surface area contributed by atoms with E-state index in [1.807, 2.05) is 48.5 Å². The topological polar surface area (TPSA) is 60.5 Å². The van der Waals surface area contributed by atoms with Gasteiger partial charge in [-0.3, -0.25) is 4.79 Å². The van der Waals surface area contributed by atoms with Crippen LogP contribution in [0.2, 0.25) is 0 Å². The summed E-state index contributed by atoms with van der Waals surface area (Å²) in [6.45, 7) is 0. The number of nitrogens with zero attached hydrogens (tertiary/aromatic N) is 1. The predicted molar refractivity (Wildman–Crippen MR) is 113 cm³/mol. The molecule has 0 saturated carbocycles. The van der Waals surface area contributed by atoms with Gasteiger partial charge in [0.2, 0.25) is 0 Å². The summed E-state index contributed by atoms with van der Waals surface area (Å²) in [5.74, 6) is 0.797. The van der Waals surface area contributed by atoms with E-state index in [-0.39, 0.29) is 5.91 Å². The van der Waals surface area contributed by atoms with E-state index < -0.39 is 0 Å². The number of carbonyl (C=O) groups is 1. The van der Waals surface area contributed by atoms with Gasteiger partial charge in [-0.25, -0.2) is 4.98 Å². The van der Waals surface area contributed by atoms with Crippen molar-refractivity contribution in [3.05, 3.63) is 72.3 Å². The van der Waals surface area contributed by atoms with Gasteiger partial charge in [-0.1, -0.05) is 24.3 Å². The van der Waals surface area contributed by atoms with Crippen LogP contribution in [-0.4, -0.2) is 25.1 Å². The average Bonchev–Trinajstić information content (AvgIpc) is 3.17. The van der Waals surface area contributed by atoms with Gasteiger partial charge in [0.25, 0.3) is 5.91 Å². The van der Waals surface area contributed by atoms with Gasteiger partial charge in [-0.15, -0.1) is 11.3 Å². The maximum absolute atomic E-state index is 13.0. The third-order valence-electron chi connectivity index (χ3n) is 4.35. The molecule has 28 heavy (non-hydrogen) atoms. The van der Waals surface area contributed by atoms with Crippen LogP contribution in [0.4, 0.5) is 5.69 Å². The number of benzene rings is 3. The highest BCUT2D eigenvalue weighted by atomic mass is 32.1. The third kappa shape index (κ3) is 3.42. The van der Waals surface area contributed by atoms with Crippen LogP contribution in [0.25, 0.3) is 20.8 Å². The number of thiazole rings is 1. The minimum absolute atomic E-state index is 0.274. The summed E-state index contributed by atoms with van der Waals surface area (Å²) < 4.78 is 11.7. The van der Waals surface area contributed by atoms with Crippen LogP contribution in [-0.2, 0) is 0 Å². The lowest BCUT2D eigenvalue weighted by molar-refractivity contribution is 0.102. The van der Waals surface area contributed by atoms with E-state index in [1.54, 1.807) is 36.6 Å². The molecule has 0 radical (unpaired) electrons. The molecule has 0 aliphatic carbocycles. The van der Waals surface area contributed by atoms with Gasteiger partial charge in [0.1, 0.15) is 16.5 Å². The minimum atomic E-state index is -0.274. The van der Waals surface area contributed by atoms with Crippen molar-refractivity contribution in [1.82, 2.24) is 4.98 Å². The lowest BCUT2D eigenvalue weighted by atomic mass is 10.1. The fourth-order valence-corrected chi connectivity index (χ4v) is 3.95. The third-order valence-corrected chi connectivity index (χ3v) is 5.42. The second kappa shape index (κ2) is 7.70. The number of hydrogen-bond acceptors (Lipinski definition) is 5. The Morgan fingerprint density at radius 1 is 0.964 bits per heavy atom. The van der Waals surface area contributed by atoms with Crippen molar-refractivity contribution in [1.29, 1.82) is 0 Å². The summed E-state index contributed by atoms with van der Waals surface area (Å²) in [5.41, 5.74) is 2.91. The summed E-state index contributed by atoms with van der Waals surface area (Å²) in [5, 5.41) is 3.84. The van der Waals surface area contributed by atoms with Crippen molar-refractivity contribution in [3.8, 4) is 22.1 Å². The number of anilines is 1. The first-order valence-corrected chi connectivity index (χ1v) is 9.49. The molecule has 0 aliphatic rings. The zero-order valence-corrected chi connectivity index (χ0v) is 16.2. The Labute approximate surface area is 166 Å². The van der Waals surface area contributed by atoms with Crippen LogP contribution in [0.3, 0.4) is 0 Å². The van der Waals surface area contributed by atoms with Crippen molar-refractivity contribution < 1.29 is 14.3 Å². The second-order valence-corrected chi connectivity index (χ2v) is 7.08. The zero-order valence-electron chi connectivity index (χ0n) is 15.4. The number of methoxy groups -OCH3 is 2. The SMILES string of the molecule is COc1ccc(OC)c(C(=O)Nc2ccccc2-c2nc3ccccc3s2)c1. The van der Waals surface area contributed by atoms with Gasteiger partial charge in [-0.2, -0.15) is 0 Å². The van der Waals surface area contributed by atoms with Crippen LogP contribution in [0.15, 0.2) is 66.7 Å². The maximum atomic E-state index is 13.0. The molecule has 4 rings (SSSR count). The van der Waals surface area contributed by atoms with Gasteiger partial charge >= 0.3 is 0 Å². The molecule has 5 nitrogen and oxygen atoms in total. The molecule has 4 aromatic rings. The molecule has 1 N–H and O–H groups in total. The number of ether oxygens (including phenoxy) is 2. The fraction of sp³-hybridized carbons (Fsp3) is 0.0909. The lowest BCUT2D eigenvalue weighted by Gasteiger charge is -2.12. The van der Waals surface area contributed by atoms with Crippen LogP contribution in [0.5, 0.6) is 11.5 Å². The zero-order chi connectivity index (χ0) is 19.5. The molecule has 1 heterocycles. The molecule has 0 aliphatic heterocycles. The molecule has 3 aromatic carbocycles. The highest BCUT2D eigenvalue weighted by Gasteiger charge is 2.17. The Morgan fingerprint density at radius 2 is 1.75 bits per heavy atom. The Balaban J connectivity index is 1.71. The molecular formula is C22H18N2O3S.